The fraction of sp³-hybridized carbons (Fsp3) is 0.174. The van der Waals surface area contributed by atoms with E-state index in [0.29, 0.717) is 15.9 Å². The number of anilines is 1. The molecule has 1 N–H and O–H groups in total. The molecule has 2 aromatic carbocycles. The minimum atomic E-state index is -0.789. The van der Waals surface area contributed by atoms with Crippen molar-refractivity contribution in [3.8, 4) is 11.3 Å². The Balaban J connectivity index is 1.41. The summed E-state index contributed by atoms with van der Waals surface area (Å²) in [4.78, 5) is 41.4. The summed E-state index contributed by atoms with van der Waals surface area (Å²) in [5, 5.41) is 9.62. The Morgan fingerprint density at radius 3 is 2.53 bits per heavy atom. The number of nitrogens with one attached hydrogen (secondary N) is 1. The van der Waals surface area contributed by atoms with Crippen LogP contribution in [0.2, 0.25) is 0 Å². The van der Waals surface area contributed by atoms with Gasteiger partial charge in [0, 0.05) is 23.4 Å². The van der Waals surface area contributed by atoms with Crippen molar-refractivity contribution in [2.24, 2.45) is 7.05 Å². The summed E-state index contributed by atoms with van der Waals surface area (Å²) < 4.78 is 6.20. The van der Waals surface area contributed by atoms with E-state index in [9.17, 15) is 14.4 Å². The third-order valence-electron chi connectivity index (χ3n) is 4.89. The van der Waals surface area contributed by atoms with Crippen LogP contribution in [0.3, 0.4) is 0 Å². The molecule has 0 saturated heterocycles. The predicted octanol–water partition coefficient (Wildman–Crippen LogP) is 3.41. The lowest BCUT2D eigenvalue weighted by atomic mass is 10.1. The Bertz CT molecular complexity index is 1360. The van der Waals surface area contributed by atoms with Gasteiger partial charge in [0.2, 0.25) is 0 Å². The molecule has 0 aliphatic carbocycles. The molecule has 32 heavy (non-hydrogen) atoms. The molecule has 0 fully saturated rings. The minimum absolute atomic E-state index is 0.0254. The van der Waals surface area contributed by atoms with E-state index >= 15 is 0 Å². The van der Waals surface area contributed by atoms with E-state index in [1.807, 2.05) is 29.6 Å². The topological polar surface area (TPSA) is 103 Å². The van der Waals surface area contributed by atoms with Gasteiger partial charge in [-0.05, 0) is 18.1 Å². The van der Waals surface area contributed by atoms with E-state index in [0.717, 1.165) is 22.4 Å². The number of hydrogen-bond acceptors (Lipinski definition) is 7. The number of fused-ring (bicyclic) bond motifs is 1. The standard InChI is InChI=1S/C23H20N4O4S/c1-3-14-8-10-15(11-9-14)18-13-32-23(24-18)25-19(28)12-31-22(30)20-16-6-4-5-7-17(16)21(29)27(2)26-20/h4-11,13H,3,12H2,1-2H3,(H,24,25,28). The smallest absolute Gasteiger partial charge is 0.359 e. The molecule has 0 aliphatic heterocycles. The largest absolute Gasteiger partial charge is 0.451 e. The van der Waals surface area contributed by atoms with Gasteiger partial charge in [0.1, 0.15) is 0 Å². The zero-order chi connectivity index (χ0) is 22.7. The summed E-state index contributed by atoms with van der Waals surface area (Å²) in [5.41, 5.74) is 2.60. The summed E-state index contributed by atoms with van der Waals surface area (Å²) in [7, 11) is 1.45. The van der Waals surface area contributed by atoms with Crippen molar-refractivity contribution >= 4 is 39.1 Å². The van der Waals surface area contributed by atoms with Crippen molar-refractivity contribution in [1.82, 2.24) is 14.8 Å². The average molecular weight is 449 g/mol. The van der Waals surface area contributed by atoms with Crippen molar-refractivity contribution in [2.45, 2.75) is 13.3 Å². The molecule has 9 heteroatoms. The number of carbonyl (C=O) groups is 2. The van der Waals surface area contributed by atoms with Gasteiger partial charge in [-0.15, -0.1) is 11.3 Å². The van der Waals surface area contributed by atoms with Crippen molar-refractivity contribution in [2.75, 3.05) is 11.9 Å². The molecule has 0 bridgehead atoms. The Hall–Kier alpha value is -3.85. The highest BCUT2D eigenvalue weighted by Gasteiger charge is 2.18. The highest BCUT2D eigenvalue weighted by molar-refractivity contribution is 7.14. The number of esters is 1. The number of rotatable bonds is 6. The van der Waals surface area contributed by atoms with Gasteiger partial charge < -0.3 is 4.74 Å². The number of carbonyl (C=O) groups excluding carboxylic acids is 2. The molecule has 0 radical (unpaired) electrons. The third-order valence-corrected chi connectivity index (χ3v) is 5.65. The van der Waals surface area contributed by atoms with Gasteiger partial charge in [0.25, 0.3) is 11.5 Å². The van der Waals surface area contributed by atoms with Crippen LogP contribution in [0.25, 0.3) is 22.0 Å². The van der Waals surface area contributed by atoms with Crippen LogP contribution < -0.4 is 10.9 Å². The van der Waals surface area contributed by atoms with Crippen molar-refractivity contribution < 1.29 is 14.3 Å². The number of hydrogen-bond donors (Lipinski definition) is 1. The zero-order valence-electron chi connectivity index (χ0n) is 17.5. The number of ether oxygens (including phenoxy) is 1. The van der Waals surface area contributed by atoms with Gasteiger partial charge in [-0.3, -0.25) is 14.9 Å². The van der Waals surface area contributed by atoms with Gasteiger partial charge in [-0.25, -0.2) is 14.5 Å². The molecule has 0 saturated carbocycles. The van der Waals surface area contributed by atoms with Crippen molar-refractivity contribution in [1.29, 1.82) is 0 Å². The molecular weight excluding hydrogens is 428 g/mol. The van der Waals surface area contributed by atoms with Crippen LogP contribution in [0.4, 0.5) is 5.13 Å². The first kappa shape index (κ1) is 21.4. The molecule has 0 unspecified atom stereocenters. The van der Waals surface area contributed by atoms with Crippen LogP contribution in [0.15, 0.2) is 58.7 Å². The third kappa shape index (κ3) is 4.42. The number of nitrogens with zero attached hydrogens (tertiary/aromatic N) is 3. The molecule has 8 nitrogen and oxygen atoms in total. The maximum absolute atomic E-state index is 12.5. The average Bonchev–Trinajstić information content (AvgIpc) is 3.28. The Labute approximate surface area is 187 Å². The molecule has 2 aromatic heterocycles. The fourth-order valence-electron chi connectivity index (χ4n) is 3.18. The van der Waals surface area contributed by atoms with Crippen LogP contribution in [-0.4, -0.2) is 33.2 Å². The summed E-state index contributed by atoms with van der Waals surface area (Å²) >= 11 is 1.28. The molecule has 1 amide bonds. The Morgan fingerprint density at radius 1 is 1.09 bits per heavy atom. The number of benzene rings is 2. The van der Waals surface area contributed by atoms with E-state index < -0.39 is 18.5 Å². The molecule has 2 heterocycles. The lowest BCUT2D eigenvalue weighted by molar-refractivity contribution is -0.119. The first-order valence-electron chi connectivity index (χ1n) is 9.94. The van der Waals surface area contributed by atoms with Crippen LogP contribution in [0.5, 0.6) is 0 Å². The highest BCUT2D eigenvalue weighted by Crippen LogP contribution is 2.25. The molecule has 4 rings (SSSR count). The van der Waals surface area contributed by atoms with E-state index in [-0.39, 0.29) is 11.3 Å². The second kappa shape index (κ2) is 9.11. The predicted molar refractivity (Wildman–Crippen MR) is 123 cm³/mol. The highest BCUT2D eigenvalue weighted by atomic mass is 32.1. The maximum atomic E-state index is 12.5. The van der Waals surface area contributed by atoms with Crippen molar-refractivity contribution in [3.05, 3.63) is 75.5 Å². The summed E-state index contributed by atoms with van der Waals surface area (Å²) in [6.07, 6.45) is 0.960. The molecule has 0 aliphatic rings. The second-order valence-corrected chi connectivity index (χ2v) is 7.89. The number of aryl methyl sites for hydroxylation is 2. The summed E-state index contributed by atoms with van der Waals surface area (Å²) in [6, 6.07) is 14.7. The molecule has 0 spiro atoms. The Morgan fingerprint density at radius 2 is 1.81 bits per heavy atom. The second-order valence-electron chi connectivity index (χ2n) is 7.04. The van der Waals surface area contributed by atoms with Gasteiger partial charge in [0.05, 0.1) is 11.1 Å². The fourth-order valence-corrected chi connectivity index (χ4v) is 3.92. The molecule has 162 valence electrons. The van der Waals surface area contributed by atoms with Gasteiger partial charge in [-0.2, -0.15) is 5.10 Å². The maximum Gasteiger partial charge on any atom is 0.359 e. The first-order valence-corrected chi connectivity index (χ1v) is 10.8. The van der Waals surface area contributed by atoms with Crippen LogP contribution in [-0.2, 0) is 23.0 Å². The van der Waals surface area contributed by atoms with E-state index in [1.54, 1.807) is 24.3 Å². The summed E-state index contributed by atoms with van der Waals surface area (Å²) in [6.45, 7) is 1.59. The minimum Gasteiger partial charge on any atom is -0.451 e. The number of amides is 1. The van der Waals surface area contributed by atoms with Gasteiger partial charge in [-0.1, -0.05) is 49.4 Å². The number of thiazole rings is 1. The quantitative estimate of drug-likeness (QED) is 0.454. The summed E-state index contributed by atoms with van der Waals surface area (Å²) in [5.74, 6) is -1.31. The van der Waals surface area contributed by atoms with Crippen molar-refractivity contribution in [3.63, 3.8) is 0 Å². The SMILES string of the molecule is CCc1ccc(-c2csc(NC(=O)COC(=O)c3nn(C)c(=O)c4ccccc34)n2)cc1. The van der Waals surface area contributed by atoms with Crippen LogP contribution >= 0.6 is 11.3 Å². The van der Waals surface area contributed by atoms with Gasteiger partial charge >= 0.3 is 5.97 Å². The zero-order valence-corrected chi connectivity index (χ0v) is 18.3. The monoisotopic (exact) mass is 448 g/mol. The normalized spacial score (nSPS) is 10.8. The van der Waals surface area contributed by atoms with E-state index in [1.165, 1.54) is 23.9 Å². The van der Waals surface area contributed by atoms with E-state index in [2.05, 4.69) is 22.3 Å². The molecule has 0 atom stereocenters. The number of aromatic nitrogens is 3. The molecular formula is C23H20N4O4S. The Kier molecular flexibility index (Phi) is 6.09. The molecule has 4 aromatic rings. The van der Waals surface area contributed by atoms with E-state index in [4.69, 9.17) is 4.74 Å². The first-order chi connectivity index (χ1) is 15.5. The van der Waals surface area contributed by atoms with Gasteiger partial charge in [0.15, 0.2) is 17.4 Å². The van der Waals surface area contributed by atoms with Crippen LogP contribution in [0.1, 0.15) is 23.0 Å². The van der Waals surface area contributed by atoms with Crippen LogP contribution in [0, 0.1) is 0 Å². The lowest BCUT2D eigenvalue weighted by Crippen LogP contribution is -2.26. The lowest BCUT2D eigenvalue weighted by Gasteiger charge is -2.08.